The average molecular weight is 475 g/mol. The third-order valence-electron chi connectivity index (χ3n) is 4.86. The van der Waals surface area contributed by atoms with Crippen LogP contribution in [-0.2, 0) is 17.3 Å². The van der Waals surface area contributed by atoms with Gasteiger partial charge in [-0.25, -0.2) is 13.8 Å². The fourth-order valence-corrected chi connectivity index (χ4v) is 6.13. The molecule has 0 aromatic carbocycles. The van der Waals surface area contributed by atoms with Crippen molar-refractivity contribution in [2.75, 3.05) is 29.8 Å². The summed E-state index contributed by atoms with van der Waals surface area (Å²) in [5.74, 6) is 0.138. The second-order valence-electron chi connectivity index (χ2n) is 7.77. The maximum Gasteiger partial charge on any atom is 0.334 e. The molecule has 2 amide bonds. The van der Waals surface area contributed by atoms with Crippen molar-refractivity contribution in [3.05, 3.63) is 27.7 Å². The van der Waals surface area contributed by atoms with Crippen LogP contribution in [0.4, 0.5) is 16.2 Å². The van der Waals surface area contributed by atoms with Crippen molar-refractivity contribution in [2.24, 2.45) is 7.05 Å². The zero-order valence-electron chi connectivity index (χ0n) is 17.4. The Labute approximate surface area is 186 Å². The molecule has 0 saturated carbocycles. The number of halogens is 1. The van der Waals surface area contributed by atoms with Crippen LogP contribution in [0.15, 0.2) is 18.5 Å². The van der Waals surface area contributed by atoms with E-state index in [1.165, 1.54) is 26.5 Å². The van der Waals surface area contributed by atoms with Gasteiger partial charge in [-0.2, -0.15) is 13.5 Å². The summed E-state index contributed by atoms with van der Waals surface area (Å²) in [5, 5.41) is 6.73. The maximum absolute atomic E-state index is 13.2. The van der Waals surface area contributed by atoms with Crippen molar-refractivity contribution in [1.82, 2.24) is 19.4 Å². The van der Waals surface area contributed by atoms with Crippen LogP contribution >= 0.6 is 22.9 Å². The van der Waals surface area contributed by atoms with E-state index in [0.717, 1.165) is 17.8 Å². The topological polar surface area (TPSA) is 99.6 Å². The molecule has 2 aromatic rings. The van der Waals surface area contributed by atoms with Gasteiger partial charge in [0.05, 0.1) is 27.9 Å². The van der Waals surface area contributed by atoms with Crippen LogP contribution in [0.1, 0.15) is 37.5 Å². The predicted octanol–water partition coefficient (Wildman–Crippen LogP) is 3.23. The number of rotatable bonds is 6. The Bertz CT molecular complexity index is 1000. The molecule has 3 rings (SSSR count). The van der Waals surface area contributed by atoms with Crippen LogP contribution in [0.2, 0.25) is 4.34 Å². The zero-order chi connectivity index (χ0) is 22.1. The lowest BCUT2D eigenvalue weighted by molar-refractivity contribution is 0.251. The molecule has 3 heterocycles. The van der Waals surface area contributed by atoms with Crippen molar-refractivity contribution < 1.29 is 13.2 Å². The van der Waals surface area contributed by atoms with Gasteiger partial charge in [-0.3, -0.25) is 4.68 Å². The third kappa shape index (κ3) is 5.26. The lowest BCUT2D eigenvalue weighted by Gasteiger charge is -2.37. The average Bonchev–Trinajstić information content (AvgIpc) is 3.20. The molecule has 2 aromatic heterocycles. The molecule has 0 radical (unpaired) electrons. The van der Waals surface area contributed by atoms with Crippen molar-refractivity contribution in [1.29, 1.82) is 0 Å². The van der Waals surface area contributed by atoms with Crippen LogP contribution in [0.5, 0.6) is 0 Å². The Morgan fingerprint density at radius 3 is 2.73 bits per heavy atom. The van der Waals surface area contributed by atoms with Crippen LogP contribution < -0.4 is 14.3 Å². The first-order chi connectivity index (χ1) is 14.1. The number of aryl methyl sites for hydroxylation is 1. The van der Waals surface area contributed by atoms with E-state index in [1.807, 2.05) is 20.9 Å². The second-order valence-corrected chi connectivity index (χ2v) is 11.0. The molecule has 166 valence electrons. The maximum atomic E-state index is 13.2. The summed E-state index contributed by atoms with van der Waals surface area (Å²) in [5.41, 5.74) is 0.928. The number of thiophene rings is 1. The van der Waals surface area contributed by atoms with Crippen molar-refractivity contribution in [3.8, 4) is 0 Å². The lowest BCUT2D eigenvalue weighted by atomic mass is 10.1. The summed E-state index contributed by atoms with van der Waals surface area (Å²) in [6, 6.07) is 0.493. The molecule has 0 unspecified atom stereocenters. The van der Waals surface area contributed by atoms with Gasteiger partial charge in [0.25, 0.3) is 0 Å². The summed E-state index contributed by atoms with van der Waals surface area (Å²) >= 11 is 7.44. The van der Waals surface area contributed by atoms with Gasteiger partial charge in [0.15, 0.2) is 0 Å². The highest BCUT2D eigenvalue weighted by molar-refractivity contribution is 7.91. The van der Waals surface area contributed by atoms with E-state index in [9.17, 15) is 13.2 Å². The van der Waals surface area contributed by atoms with Crippen LogP contribution in [-0.4, -0.2) is 55.3 Å². The van der Waals surface area contributed by atoms with E-state index in [1.54, 1.807) is 19.3 Å². The largest absolute Gasteiger partial charge is 0.334 e. The molecule has 1 atom stereocenters. The Morgan fingerprint density at radius 2 is 2.13 bits per heavy atom. The fraction of sp³-hybridized carbons (Fsp3) is 0.556. The van der Waals surface area contributed by atoms with Crippen LogP contribution in [0, 0.1) is 0 Å². The molecule has 2 N–H and O–H groups in total. The Morgan fingerprint density at radius 1 is 1.40 bits per heavy atom. The van der Waals surface area contributed by atoms with Crippen LogP contribution in [0.3, 0.4) is 0 Å². The minimum Gasteiger partial charge on any atom is -0.306 e. The Kier molecular flexibility index (Phi) is 6.95. The van der Waals surface area contributed by atoms with Gasteiger partial charge in [-0.15, -0.1) is 11.3 Å². The number of urea groups is 1. The highest BCUT2D eigenvalue weighted by atomic mass is 35.5. The summed E-state index contributed by atoms with van der Waals surface area (Å²) < 4.78 is 32.0. The number of amides is 2. The second kappa shape index (κ2) is 9.13. The van der Waals surface area contributed by atoms with Gasteiger partial charge >= 0.3 is 16.2 Å². The summed E-state index contributed by atoms with van der Waals surface area (Å²) in [6.45, 7) is 5.43. The molecule has 9 nitrogen and oxygen atoms in total. The minimum atomic E-state index is -4.17. The SMILES string of the molecule is CC(C)c1sc(Cl)cc1NC(=O)NS(=O)(=O)N(c1cnn(C)c1)[C@@H]1CCCN(C)C1. The van der Waals surface area contributed by atoms with Crippen molar-refractivity contribution in [3.63, 3.8) is 0 Å². The van der Waals surface area contributed by atoms with E-state index in [4.69, 9.17) is 11.6 Å². The first-order valence-electron chi connectivity index (χ1n) is 9.66. The number of aromatic nitrogens is 2. The van der Waals surface area contributed by atoms with E-state index in [-0.39, 0.29) is 12.0 Å². The molecule has 1 fully saturated rings. The predicted molar refractivity (Wildman–Crippen MR) is 121 cm³/mol. The van der Waals surface area contributed by atoms with E-state index < -0.39 is 16.2 Å². The summed E-state index contributed by atoms with van der Waals surface area (Å²) in [6.07, 6.45) is 4.67. The number of hydrogen-bond donors (Lipinski definition) is 2. The molecule has 12 heteroatoms. The monoisotopic (exact) mass is 474 g/mol. The number of likely N-dealkylation sites (tertiary alicyclic amines) is 1. The standard InChI is InChI=1S/C18H27ClN6O3S2/c1-12(2)17-15(8-16(19)29-17)21-18(26)22-30(27,28)25(14-9-20-24(4)11-14)13-6-5-7-23(3)10-13/h8-9,11-13H,5-7,10H2,1-4H3,(H2,21,22,26)/t13-/m1/s1. The molecule has 30 heavy (non-hydrogen) atoms. The number of nitrogens with one attached hydrogen (secondary N) is 2. The number of carbonyl (C=O) groups is 1. The highest BCUT2D eigenvalue weighted by Gasteiger charge is 2.35. The smallest absolute Gasteiger partial charge is 0.306 e. The molecular weight excluding hydrogens is 448 g/mol. The summed E-state index contributed by atoms with van der Waals surface area (Å²) in [7, 11) is -0.499. The lowest BCUT2D eigenvalue weighted by Crippen LogP contribution is -2.54. The normalized spacial score (nSPS) is 17.9. The Hall–Kier alpha value is -1.82. The van der Waals surface area contributed by atoms with E-state index in [0.29, 0.717) is 28.7 Å². The zero-order valence-corrected chi connectivity index (χ0v) is 19.8. The van der Waals surface area contributed by atoms with Crippen LogP contribution in [0.25, 0.3) is 0 Å². The molecule has 1 aliphatic heterocycles. The molecule has 1 saturated heterocycles. The Balaban J connectivity index is 1.83. The van der Waals surface area contributed by atoms with Gasteiger partial charge in [0.1, 0.15) is 0 Å². The number of hydrogen-bond acceptors (Lipinski definition) is 6. The number of nitrogens with zero attached hydrogens (tertiary/aromatic N) is 4. The molecule has 0 aliphatic carbocycles. The van der Waals surface area contributed by atoms with Gasteiger partial charge in [0.2, 0.25) is 0 Å². The molecule has 0 bridgehead atoms. The molecule has 1 aliphatic rings. The molecule has 0 spiro atoms. The van der Waals surface area contributed by atoms with Crippen molar-refractivity contribution >= 4 is 50.6 Å². The minimum absolute atomic E-state index is 0.138. The highest BCUT2D eigenvalue weighted by Crippen LogP contribution is 2.36. The van der Waals surface area contributed by atoms with Gasteiger partial charge in [-0.1, -0.05) is 25.4 Å². The fourth-order valence-electron chi connectivity index (χ4n) is 3.61. The number of piperidine rings is 1. The molecular formula is C18H27ClN6O3S2. The number of anilines is 2. The third-order valence-corrected chi connectivity index (χ3v) is 7.90. The number of carbonyl (C=O) groups excluding carboxylic acids is 1. The first-order valence-corrected chi connectivity index (χ1v) is 12.3. The quantitative estimate of drug-likeness (QED) is 0.669. The first kappa shape index (κ1) is 22.9. The summed E-state index contributed by atoms with van der Waals surface area (Å²) in [4.78, 5) is 15.6. The van der Waals surface area contributed by atoms with Gasteiger partial charge < -0.3 is 10.2 Å². The van der Waals surface area contributed by atoms with Gasteiger partial charge in [0, 0.05) is 24.7 Å². The van der Waals surface area contributed by atoms with Gasteiger partial charge in [-0.05, 0) is 38.4 Å². The van der Waals surface area contributed by atoms with Crippen molar-refractivity contribution in [2.45, 2.75) is 38.6 Å². The van der Waals surface area contributed by atoms with E-state index in [2.05, 4.69) is 20.0 Å². The van der Waals surface area contributed by atoms with E-state index >= 15 is 0 Å². The number of likely N-dealkylation sites (N-methyl/N-ethyl adjacent to an activating group) is 1.